The summed E-state index contributed by atoms with van der Waals surface area (Å²) in [4.78, 5) is 2.32. The zero-order valence-corrected chi connectivity index (χ0v) is 13.0. The molecular formula is C16H25FN2O2. The van der Waals surface area contributed by atoms with E-state index in [1.54, 1.807) is 14.2 Å². The van der Waals surface area contributed by atoms with Gasteiger partial charge in [-0.05, 0) is 31.0 Å². The molecule has 21 heavy (non-hydrogen) atoms. The van der Waals surface area contributed by atoms with Gasteiger partial charge in [-0.15, -0.1) is 0 Å². The maximum Gasteiger partial charge on any atom is 0.123 e. The van der Waals surface area contributed by atoms with E-state index in [-0.39, 0.29) is 23.6 Å². The largest absolute Gasteiger partial charge is 0.377 e. The summed E-state index contributed by atoms with van der Waals surface area (Å²) in [7, 11) is 3.42. The zero-order valence-electron chi connectivity index (χ0n) is 13.0. The summed E-state index contributed by atoms with van der Waals surface area (Å²) < 4.78 is 24.0. The van der Waals surface area contributed by atoms with E-state index in [2.05, 4.69) is 11.8 Å². The molecule has 1 saturated heterocycles. The lowest BCUT2D eigenvalue weighted by molar-refractivity contribution is -0.00461. The second-order valence-electron chi connectivity index (χ2n) is 5.96. The first-order valence-electron chi connectivity index (χ1n) is 7.27. The molecule has 0 saturated carbocycles. The van der Waals surface area contributed by atoms with E-state index < -0.39 is 0 Å². The first kappa shape index (κ1) is 16.4. The number of rotatable bonds is 6. The highest BCUT2D eigenvalue weighted by Gasteiger charge is 2.41. The summed E-state index contributed by atoms with van der Waals surface area (Å²) in [6, 6.07) is 6.63. The highest BCUT2D eigenvalue weighted by molar-refractivity contribution is 5.19. The number of hydrogen-bond donors (Lipinski definition) is 1. The van der Waals surface area contributed by atoms with Crippen LogP contribution in [0.1, 0.15) is 12.5 Å². The Morgan fingerprint density at radius 1 is 1.19 bits per heavy atom. The van der Waals surface area contributed by atoms with Gasteiger partial charge >= 0.3 is 0 Å². The molecule has 4 nitrogen and oxygen atoms in total. The Labute approximate surface area is 126 Å². The van der Waals surface area contributed by atoms with Crippen molar-refractivity contribution in [3.05, 3.63) is 35.6 Å². The molecule has 1 fully saturated rings. The second kappa shape index (κ2) is 6.83. The molecule has 2 rings (SSSR count). The summed E-state index contributed by atoms with van der Waals surface area (Å²) in [5.74, 6) is -0.215. The molecule has 0 amide bonds. The monoisotopic (exact) mass is 296 g/mol. The number of nitrogens with zero attached hydrogens (tertiary/aromatic N) is 1. The zero-order chi connectivity index (χ0) is 15.5. The van der Waals surface area contributed by atoms with Crippen molar-refractivity contribution < 1.29 is 13.9 Å². The van der Waals surface area contributed by atoms with E-state index in [1.165, 1.54) is 12.1 Å². The standard InChI is InChI=1S/C16H25FN2O2/c1-16(11-18,8-12-4-6-13(17)7-5-12)19-9-14(20-2)15(10-19)21-3/h4-7,14-15H,8-11,18H2,1-3H3. The Bertz CT molecular complexity index is 442. The van der Waals surface area contributed by atoms with Crippen LogP contribution >= 0.6 is 0 Å². The summed E-state index contributed by atoms with van der Waals surface area (Å²) in [6.07, 6.45) is 0.902. The molecule has 1 aliphatic heterocycles. The van der Waals surface area contributed by atoms with E-state index in [9.17, 15) is 4.39 Å². The van der Waals surface area contributed by atoms with Crippen molar-refractivity contribution in [2.45, 2.75) is 31.1 Å². The van der Waals surface area contributed by atoms with Crippen molar-refractivity contribution in [1.82, 2.24) is 4.90 Å². The summed E-state index contributed by atoms with van der Waals surface area (Å²) in [5, 5.41) is 0. The quantitative estimate of drug-likeness (QED) is 0.863. The van der Waals surface area contributed by atoms with Crippen LogP contribution in [0.25, 0.3) is 0 Å². The molecule has 3 atom stereocenters. The summed E-state index contributed by atoms with van der Waals surface area (Å²) in [6.45, 7) is 4.26. The molecule has 118 valence electrons. The van der Waals surface area contributed by atoms with Crippen molar-refractivity contribution in [2.75, 3.05) is 33.9 Å². The molecule has 1 aromatic rings. The number of ether oxygens (including phenoxy) is 2. The highest BCUT2D eigenvalue weighted by Crippen LogP contribution is 2.27. The molecular weight excluding hydrogens is 271 g/mol. The highest BCUT2D eigenvalue weighted by atomic mass is 19.1. The maximum absolute atomic E-state index is 13.0. The first-order chi connectivity index (χ1) is 10.0. The summed E-state index contributed by atoms with van der Waals surface area (Å²) in [5.41, 5.74) is 6.93. The fourth-order valence-corrected chi connectivity index (χ4v) is 2.99. The number of hydrogen-bond acceptors (Lipinski definition) is 4. The van der Waals surface area contributed by atoms with Crippen LogP contribution < -0.4 is 5.73 Å². The SMILES string of the molecule is COC1CN(C(C)(CN)Cc2ccc(F)cc2)CC1OC. The molecule has 0 aromatic heterocycles. The number of halogens is 1. The predicted molar refractivity (Wildman–Crippen MR) is 80.7 cm³/mol. The molecule has 0 bridgehead atoms. The predicted octanol–water partition coefficient (Wildman–Crippen LogP) is 1.43. The van der Waals surface area contributed by atoms with Crippen LogP contribution in [-0.2, 0) is 15.9 Å². The van der Waals surface area contributed by atoms with E-state index in [1.807, 2.05) is 12.1 Å². The van der Waals surface area contributed by atoms with Crippen LogP contribution in [0.2, 0.25) is 0 Å². The van der Waals surface area contributed by atoms with Gasteiger partial charge in [-0.25, -0.2) is 4.39 Å². The molecule has 1 aromatic carbocycles. The third-order valence-corrected chi connectivity index (χ3v) is 4.52. The minimum atomic E-state index is -0.215. The maximum atomic E-state index is 13.0. The van der Waals surface area contributed by atoms with Crippen molar-refractivity contribution in [2.24, 2.45) is 5.73 Å². The van der Waals surface area contributed by atoms with Crippen LogP contribution in [0, 0.1) is 5.82 Å². The Kier molecular flexibility index (Phi) is 5.32. The molecule has 0 spiro atoms. The van der Waals surface area contributed by atoms with E-state index >= 15 is 0 Å². The van der Waals surface area contributed by atoms with Gasteiger partial charge in [0.2, 0.25) is 0 Å². The third kappa shape index (κ3) is 3.61. The topological polar surface area (TPSA) is 47.7 Å². The summed E-state index contributed by atoms with van der Waals surface area (Å²) >= 11 is 0. The minimum absolute atomic E-state index is 0.0640. The molecule has 0 aliphatic carbocycles. The number of methoxy groups -OCH3 is 2. The lowest BCUT2D eigenvalue weighted by Crippen LogP contribution is -2.52. The van der Waals surface area contributed by atoms with Gasteiger partial charge in [0.25, 0.3) is 0 Å². The Morgan fingerprint density at radius 2 is 1.71 bits per heavy atom. The van der Waals surface area contributed by atoms with Crippen LogP contribution in [0.15, 0.2) is 24.3 Å². The smallest absolute Gasteiger partial charge is 0.123 e. The molecule has 0 radical (unpaired) electrons. The Hall–Kier alpha value is -1.01. The van der Waals surface area contributed by atoms with E-state index in [0.29, 0.717) is 6.54 Å². The van der Waals surface area contributed by atoms with Crippen LogP contribution in [0.5, 0.6) is 0 Å². The van der Waals surface area contributed by atoms with Crippen molar-refractivity contribution >= 4 is 0 Å². The average molecular weight is 296 g/mol. The number of nitrogens with two attached hydrogens (primary N) is 1. The molecule has 2 N–H and O–H groups in total. The van der Waals surface area contributed by atoms with E-state index in [4.69, 9.17) is 15.2 Å². The third-order valence-electron chi connectivity index (χ3n) is 4.52. The van der Waals surface area contributed by atoms with Crippen molar-refractivity contribution in [3.8, 4) is 0 Å². The van der Waals surface area contributed by atoms with Gasteiger partial charge in [0.05, 0.1) is 12.2 Å². The van der Waals surface area contributed by atoms with E-state index in [0.717, 1.165) is 25.1 Å². The average Bonchev–Trinajstić information content (AvgIpc) is 2.93. The second-order valence-corrected chi connectivity index (χ2v) is 5.96. The molecule has 3 unspecified atom stereocenters. The first-order valence-corrected chi connectivity index (χ1v) is 7.27. The van der Waals surface area contributed by atoms with Crippen molar-refractivity contribution in [1.29, 1.82) is 0 Å². The van der Waals surface area contributed by atoms with Gasteiger partial charge in [-0.1, -0.05) is 12.1 Å². The van der Waals surface area contributed by atoms with Crippen molar-refractivity contribution in [3.63, 3.8) is 0 Å². The number of likely N-dealkylation sites (tertiary alicyclic amines) is 1. The fraction of sp³-hybridized carbons (Fsp3) is 0.625. The normalized spacial score (nSPS) is 26.0. The van der Waals surface area contributed by atoms with Crippen LogP contribution in [-0.4, -0.2) is 56.5 Å². The van der Waals surface area contributed by atoms with Gasteiger partial charge in [0, 0.05) is 39.4 Å². The Morgan fingerprint density at radius 3 is 2.14 bits per heavy atom. The van der Waals surface area contributed by atoms with Gasteiger partial charge in [-0.2, -0.15) is 0 Å². The van der Waals surface area contributed by atoms with Crippen LogP contribution in [0.4, 0.5) is 4.39 Å². The minimum Gasteiger partial charge on any atom is -0.377 e. The van der Waals surface area contributed by atoms with Gasteiger partial charge < -0.3 is 15.2 Å². The van der Waals surface area contributed by atoms with Gasteiger partial charge in [0.1, 0.15) is 5.82 Å². The molecule has 5 heteroatoms. The lowest BCUT2D eigenvalue weighted by atomic mass is 9.91. The fourth-order valence-electron chi connectivity index (χ4n) is 2.99. The Balaban J connectivity index is 2.12. The molecule has 1 aliphatic rings. The molecule has 1 heterocycles. The van der Waals surface area contributed by atoms with Gasteiger partial charge in [-0.3, -0.25) is 4.90 Å². The van der Waals surface area contributed by atoms with Gasteiger partial charge in [0.15, 0.2) is 0 Å². The lowest BCUT2D eigenvalue weighted by Gasteiger charge is -2.38. The van der Waals surface area contributed by atoms with Crippen LogP contribution in [0.3, 0.4) is 0 Å². The number of benzene rings is 1.